The summed E-state index contributed by atoms with van der Waals surface area (Å²) in [6, 6.07) is 66.4. The van der Waals surface area contributed by atoms with E-state index in [-0.39, 0.29) is 7.25 Å². The number of halogens is 2. The summed E-state index contributed by atoms with van der Waals surface area (Å²) in [6.45, 7) is 9.30. The van der Waals surface area contributed by atoms with Crippen molar-refractivity contribution >= 4 is 52.3 Å². The molecule has 0 fully saturated rings. The van der Waals surface area contributed by atoms with Gasteiger partial charge in [-0.3, -0.25) is 0 Å². The third kappa shape index (κ3) is 8.38. The molecule has 8 aromatic rings. The van der Waals surface area contributed by atoms with Crippen molar-refractivity contribution in [3.63, 3.8) is 0 Å². The Bertz CT molecular complexity index is 3210. The molecule has 0 N–H and O–H groups in total. The summed E-state index contributed by atoms with van der Waals surface area (Å²) >= 11 is -5.85. The molecular formula is C68H67Cl2SiZr. The minimum atomic E-state index is -5.85. The quantitative estimate of drug-likeness (QED) is 0.0797. The van der Waals surface area contributed by atoms with E-state index in [1.807, 2.05) is 0 Å². The zero-order valence-electron chi connectivity index (χ0n) is 42.6. The van der Waals surface area contributed by atoms with Gasteiger partial charge in [0.1, 0.15) is 0 Å². The maximum absolute atomic E-state index is 9.73. The zero-order chi connectivity index (χ0) is 49.4. The molecule has 3 aliphatic rings. The third-order valence-corrected chi connectivity index (χ3v) is 39.2. The molecule has 0 spiro atoms. The monoisotopic (exact) mass is 1070 g/mol. The summed E-state index contributed by atoms with van der Waals surface area (Å²) in [4.78, 5) is 0. The van der Waals surface area contributed by atoms with Crippen LogP contribution < -0.4 is 13.6 Å². The third-order valence-electron chi connectivity index (χ3n) is 16.4. The van der Waals surface area contributed by atoms with Crippen molar-refractivity contribution in [2.24, 2.45) is 0 Å². The zero-order valence-corrected chi connectivity index (χ0v) is 48.0. The second-order valence-corrected chi connectivity index (χ2v) is 43.3. The molecule has 11 rings (SSSR count). The molecule has 0 saturated heterocycles. The van der Waals surface area contributed by atoms with Crippen molar-refractivity contribution in [2.75, 3.05) is 0 Å². The summed E-state index contributed by atoms with van der Waals surface area (Å²) in [5.41, 5.74) is 24.0. The van der Waals surface area contributed by atoms with E-state index in [2.05, 4.69) is 216 Å². The summed E-state index contributed by atoms with van der Waals surface area (Å²) in [5.74, 6) is 0. The molecule has 2 aliphatic carbocycles. The molecular weight excluding hydrogens is 1010 g/mol. The molecule has 2 atom stereocenters. The van der Waals surface area contributed by atoms with Gasteiger partial charge in [0, 0.05) is 0 Å². The van der Waals surface area contributed by atoms with Crippen molar-refractivity contribution < 1.29 is 16.4 Å². The second-order valence-electron chi connectivity index (χ2n) is 20.9. The van der Waals surface area contributed by atoms with Gasteiger partial charge >= 0.3 is 444 Å². The van der Waals surface area contributed by atoms with Crippen LogP contribution >= 0.6 is 17.0 Å². The molecule has 0 saturated carbocycles. The first-order chi connectivity index (χ1) is 35.3. The molecule has 4 heteroatoms. The number of benzene rings is 8. The van der Waals surface area contributed by atoms with Gasteiger partial charge in [0.05, 0.1) is 0 Å². The van der Waals surface area contributed by atoms with Crippen LogP contribution in [0.25, 0.3) is 67.8 Å². The average Bonchev–Trinajstić information content (AvgIpc) is 4.13. The fraction of sp³-hybridized carbons (Fsp3) is 0.235. The number of hydrogen-bond donors (Lipinski definition) is 0. The van der Waals surface area contributed by atoms with Crippen LogP contribution in [0.3, 0.4) is 0 Å². The van der Waals surface area contributed by atoms with Crippen LogP contribution in [0.4, 0.5) is 0 Å². The van der Waals surface area contributed by atoms with E-state index in [0.29, 0.717) is 0 Å². The molecule has 72 heavy (non-hydrogen) atoms. The minimum absolute atomic E-state index is 0.129. The number of fused-ring (bicyclic) bond motifs is 5. The van der Waals surface area contributed by atoms with E-state index < -0.39 is 25.9 Å². The number of allylic oxidation sites excluding steroid dienone is 2. The maximum atomic E-state index is 9.73. The van der Waals surface area contributed by atoms with Crippen LogP contribution in [-0.2, 0) is 29.2 Å². The van der Waals surface area contributed by atoms with Gasteiger partial charge in [-0.2, -0.15) is 0 Å². The average molecular weight is 1070 g/mol. The first-order valence-electron chi connectivity index (χ1n) is 27.1. The Morgan fingerprint density at radius 2 is 0.833 bits per heavy atom. The first kappa shape index (κ1) is 49.1. The van der Waals surface area contributed by atoms with Gasteiger partial charge in [0.25, 0.3) is 0 Å². The molecule has 1 aliphatic heterocycles. The van der Waals surface area contributed by atoms with E-state index >= 15 is 0 Å². The van der Waals surface area contributed by atoms with E-state index in [4.69, 9.17) is 0 Å². The predicted octanol–water partition coefficient (Wildman–Crippen LogP) is 17.6. The molecule has 361 valence electrons. The summed E-state index contributed by atoms with van der Waals surface area (Å²) < 4.78 is 1.05. The van der Waals surface area contributed by atoms with Crippen LogP contribution in [0.5, 0.6) is 0 Å². The Balaban J connectivity index is 1.24. The Morgan fingerprint density at radius 1 is 0.403 bits per heavy atom. The van der Waals surface area contributed by atoms with Gasteiger partial charge in [0.15, 0.2) is 0 Å². The van der Waals surface area contributed by atoms with Crippen molar-refractivity contribution in [1.82, 2.24) is 0 Å². The topological polar surface area (TPSA) is 0 Å². The Kier molecular flexibility index (Phi) is 14.1. The number of hydrogen-bond acceptors (Lipinski definition) is 0. The predicted molar refractivity (Wildman–Crippen MR) is 314 cm³/mol. The number of unbranched alkanes of at least 4 members (excludes halogenated alkanes) is 2. The fourth-order valence-corrected chi connectivity index (χ4v) is 41.4. The molecule has 0 radical (unpaired) electrons. The standard InChI is InChI=1S/2C28H29.C12H9Si.2ClH.Zr/c2*1-3-5-12-21-19-24-18-17-23(11-4-2)28(27(24)20-21)26-16-10-9-15-25(26)22-13-7-6-8-14-22;1-3-7-11-9(5-1)10-6-2-4-8-12(10)13-11;;;/h2*6-10,13-20H,3-5,11-12H2,1-2H3;1-7H,13H2;2*1H;/q;;;;;+2/p-2. The molecule has 0 aromatic heterocycles. The summed E-state index contributed by atoms with van der Waals surface area (Å²) in [5, 5.41) is 2.98. The van der Waals surface area contributed by atoms with Gasteiger partial charge in [0.2, 0.25) is 0 Å². The van der Waals surface area contributed by atoms with E-state index in [1.165, 1.54) is 114 Å². The molecule has 2 unspecified atom stereocenters. The summed E-state index contributed by atoms with van der Waals surface area (Å²) in [6.07, 6.45) is 15.7. The number of rotatable bonds is 17. The van der Waals surface area contributed by atoms with Crippen LogP contribution in [0.1, 0.15) is 120 Å². The van der Waals surface area contributed by atoms with Crippen molar-refractivity contribution in [1.29, 1.82) is 0 Å². The molecule has 0 bridgehead atoms. The van der Waals surface area contributed by atoms with Crippen LogP contribution in [-0.4, -0.2) is 9.52 Å². The van der Waals surface area contributed by atoms with Gasteiger partial charge < -0.3 is 0 Å². The van der Waals surface area contributed by atoms with E-state index in [0.717, 1.165) is 64.2 Å². The van der Waals surface area contributed by atoms with Gasteiger partial charge in [-0.25, -0.2) is 0 Å². The van der Waals surface area contributed by atoms with Crippen molar-refractivity contribution in [3.05, 3.63) is 220 Å². The first-order valence-corrected chi connectivity index (χ1v) is 38.9. The van der Waals surface area contributed by atoms with Gasteiger partial charge in [-0.05, 0) is 0 Å². The van der Waals surface area contributed by atoms with Gasteiger partial charge in [-0.15, -0.1) is 0 Å². The van der Waals surface area contributed by atoms with Gasteiger partial charge in [-0.1, -0.05) is 0 Å². The summed E-state index contributed by atoms with van der Waals surface area (Å²) in [7, 11) is 18.5. The van der Waals surface area contributed by atoms with Crippen LogP contribution in [0.15, 0.2) is 187 Å². The normalized spacial score (nSPS) is 16.4. The fourth-order valence-electron chi connectivity index (χ4n) is 13.4. The Morgan fingerprint density at radius 3 is 1.31 bits per heavy atom. The van der Waals surface area contributed by atoms with Crippen molar-refractivity contribution in [3.8, 4) is 55.6 Å². The molecule has 8 aromatic carbocycles. The SMILES string of the molecule is CCCCC1=Cc2c(ccc(CCC)c2-c2ccccc2-c2ccccc2)[CH]1[Zr]([Cl])([Cl])([c]1cccc2c1[SiH2]c1ccccc1-2)[CH]1C(CCCC)=Cc2c1ccc(CCC)c2-c1ccccc1-c1ccccc1. The molecule has 0 nitrogen and oxygen atoms in total. The van der Waals surface area contributed by atoms with Crippen LogP contribution in [0.2, 0.25) is 0 Å². The molecule has 0 amide bonds. The van der Waals surface area contributed by atoms with E-state index in [9.17, 15) is 17.0 Å². The Labute approximate surface area is 440 Å². The van der Waals surface area contributed by atoms with Crippen LogP contribution in [0, 0.1) is 0 Å². The second kappa shape index (κ2) is 20.7. The van der Waals surface area contributed by atoms with Crippen molar-refractivity contribution in [2.45, 2.75) is 99.2 Å². The van der Waals surface area contributed by atoms with E-state index in [1.54, 1.807) is 0 Å². The Hall–Kier alpha value is -5.08. The number of aryl methyl sites for hydroxylation is 2. The molecule has 1 heterocycles.